The Morgan fingerprint density at radius 1 is 1.36 bits per heavy atom. The number of benzene rings is 1. The van der Waals surface area contributed by atoms with Crippen molar-refractivity contribution in [3.8, 4) is 11.4 Å². The van der Waals surface area contributed by atoms with Crippen molar-refractivity contribution in [1.82, 2.24) is 19.9 Å². The standard InChI is InChI=1S/C17H16FN5O5/c1-9-4-5-12(6-13(9)18)17-19-14(28-21-17)8-27-15(24)7-22-11(3)16(23(25)26)10(2)20-22/h4-6H,7-8H2,1-3H3. The fourth-order valence-electron chi connectivity index (χ4n) is 2.58. The van der Waals surface area contributed by atoms with Crippen LogP contribution in [0.3, 0.4) is 0 Å². The van der Waals surface area contributed by atoms with Crippen molar-refractivity contribution in [2.45, 2.75) is 33.9 Å². The van der Waals surface area contributed by atoms with Crippen LogP contribution in [-0.4, -0.2) is 30.8 Å². The summed E-state index contributed by atoms with van der Waals surface area (Å²) >= 11 is 0. The number of aromatic nitrogens is 4. The summed E-state index contributed by atoms with van der Waals surface area (Å²) in [7, 11) is 0. The molecule has 3 rings (SSSR count). The van der Waals surface area contributed by atoms with E-state index in [1.54, 1.807) is 19.1 Å². The molecule has 0 fully saturated rings. The van der Waals surface area contributed by atoms with Gasteiger partial charge in [0.25, 0.3) is 5.89 Å². The lowest BCUT2D eigenvalue weighted by Crippen LogP contribution is -2.15. The minimum Gasteiger partial charge on any atom is -0.454 e. The maximum absolute atomic E-state index is 13.6. The van der Waals surface area contributed by atoms with Gasteiger partial charge in [0.1, 0.15) is 23.7 Å². The summed E-state index contributed by atoms with van der Waals surface area (Å²) in [4.78, 5) is 26.5. The molecular weight excluding hydrogens is 373 g/mol. The number of ether oxygens (including phenoxy) is 1. The van der Waals surface area contributed by atoms with Crippen LogP contribution < -0.4 is 0 Å². The van der Waals surface area contributed by atoms with Gasteiger partial charge in [-0.3, -0.25) is 19.6 Å². The molecule has 10 nitrogen and oxygen atoms in total. The van der Waals surface area contributed by atoms with Crippen molar-refractivity contribution in [1.29, 1.82) is 0 Å². The summed E-state index contributed by atoms with van der Waals surface area (Å²) in [6.45, 7) is 4.03. The topological polar surface area (TPSA) is 126 Å². The minimum absolute atomic E-state index is 0.0312. The molecule has 28 heavy (non-hydrogen) atoms. The van der Waals surface area contributed by atoms with Crippen LogP contribution in [0.2, 0.25) is 0 Å². The lowest BCUT2D eigenvalue weighted by Gasteiger charge is -2.03. The molecule has 11 heteroatoms. The van der Waals surface area contributed by atoms with Crippen LogP contribution in [0.15, 0.2) is 22.7 Å². The number of esters is 1. The van der Waals surface area contributed by atoms with E-state index in [9.17, 15) is 19.3 Å². The minimum atomic E-state index is -0.679. The fraction of sp³-hybridized carbons (Fsp3) is 0.294. The van der Waals surface area contributed by atoms with Gasteiger partial charge in [0.2, 0.25) is 5.82 Å². The highest BCUT2D eigenvalue weighted by atomic mass is 19.1. The first-order chi connectivity index (χ1) is 13.3. The maximum Gasteiger partial charge on any atom is 0.328 e. The second kappa shape index (κ2) is 7.55. The molecule has 3 aromatic rings. The molecule has 1 aromatic carbocycles. The van der Waals surface area contributed by atoms with Crippen molar-refractivity contribution < 1.29 is 23.4 Å². The third-order valence-corrected chi connectivity index (χ3v) is 4.06. The summed E-state index contributed by atoms with van der Waals surface area (Å²) < 4.78 is 24.9. The molecule has 0 saturated carbocycles. The zero-order valence-corrected chi connectivity index (χ0v) is 15.3. The van der Waals surface area contributed by atoms with E-state index in [4.69, 9.17) is 9.26 Å². The van der Waals surface area contributed by atoms with E-state index < -0.39 is 16.7 Å². The zero-order valence-electron chi connectivity index (χ0n) is 15.3. The Labute approximate surface area is 158 Å². The van der Waals surface area contributed by atoms with Crippen molar-refractivity contribution >= 4 is 11.7 Å². The maximum atomic E-state index is 13.6. The van der Waals surface area contributed by atoms with E-state index in [-0.39, 0.29) is 41.9 Å². The van der Waals surface area contributed by atoms with Crippen LogP contribution in [0.4, 0.5) is 10.1 Å². The van der Waals surface area contributed by atoms with E-state index in [0.29, 0.717) is 11.1 Å². The lowest BCUT2D eigenvalue weighted by molar-refractivity contribution is -0.386. The Morgan fingerprint density at radius 2 is 2.11 bits per heavy atom. The normalized spacial score (nSPS) is 10.9. The average molecular weight is 389 g/mol. The van der Waals surface area contributed by atoms with Crippen LogP contribution in [0, 0.1) is 36.7 Å². The van der Waals surface area contributed by atoms with Crippen molar-refractivity contribution in [2.24, 2.45) is 0 Å². The van der Waals surface area contributed by atoms with Crippen LogP contribution >= 0.6 is 0 Å². The number of nitro groups is 1. The number of nitrogens with zero attached hydrogens (tertiary/aromatic N) is 5. The fourth-order valence-corrected chi connectivity index (χ4v) is 2.58. The molecule has 0 radical (unpaired) electrons. The number of hydrogen-bond acceptors (Lipinski definition) is 8. The molecule has 0 bridgehead atoms. The predicted molar refractivity (Wildman–Crippen MR) is 92.6 cm³/mol. The highest BCUT2D eigenvalue weighted by molar-refractivity contribution is 5.69. The summed E-state index contributed by atoms with van der Waals surface area (Å²) in [6, 6.07) is 4.52. The van der Waals surface area contributed by atoms with Crippen LogP contribution in [0.5, 0.6) is 0 Å². The third-order valence-electron chi connectivity index (χ3n) is 4.06. The third kappa shape index (κ3) is 3.87. The Balaban J connectivity index is 1.63. The molecule has 0 aliphatic heterocycles. The number of hydrogen-bond donors (Lipinski definition) is 0. The second-order valence-electron chi connectivity index (χ2n) is 6.07. The second-order valence-corrected chi connectivity index (χ2v) is 6.07. The van der Waals surface area contributed by atoms with Gasteiger partial charge in [-0.1, -0.05) is 17.3 Å². The predicted octanol–water partition coefficient (Wildman–Crippen LogP) is 2.65. The molecule has 0 saturated heterocycles. The van der Waals surface area contributed by atoms with Gasteiger partial charge >= 0.3 is 11.7 Å². The summed E-state index contributed by atoms with van der Waals surface area (Å²) in [5, 5.41) is 18.7. The van der Waals surface area contributed by atoms with Gasteiger partial charge < -0.3 is 9.26 Å². The van der Waals surface area contributed by atoms with Gasteiger partial charge in [0.15, 0.2) is 6.61 Å². The monoisotopic (exact) mass is 389 g/mol. The summed E-state index contributed by atoms with van der Waals surface area (Å²) in [6.07, 6.45) is 0. The Hall–Kier alpha value is -3.63. The van der Waals surface area contributed by atoms with Crippen LogP contribution in [-0.2, 0) is 22.7 Å². The first-order valence-corrected chi connectivity index (χ1v) is 8.19. The molecule has 0 atom stereocenters. The Kier molecular flexibility index (Phi) is 5.16. The van der Waals surface area contributed by atoms with Gasteiger partial charge in [-0.05, 0) is 32.4 Å². The smallest absolute Gasteiger partial charge is 0.328 e. The number of rotatable bonds is 6. The van der Waals surface area contributed by atoms with Crippen molar-refractivity contribution in [2.75, 3.05) is 0 Å². The van der Waals surface area contributed by atoms with Gasteiger partial charge in [-0.15, -0.1) is 0 Å². The first kappa shape index (κ1) is 19.1. The highest BCUT2D eigenvalue weighted by Crippen LogP contribution is 2.22. The van der Waals surface area contributed by atoms with Crippen LogP contribution in [0.25, 0.3) is 11.4 Å². The van der Waals surface area contributed by atoms with E-state index in [2.05, 4.69) is 15.2 Å². The van der Waals surface area contributed by atoms with Gasteiger partial charge in [-0.2, -0.15) is 10.1 Å². The quantitative estimate of drug-likeness (QED) is 0.358. The van der Waals surface area contributed by atoms with E-state index in [1.807, 2.05) is 0 Å². The molecule has 0 unspecified atom stereocenters. The van der Waals surface area contributed by atoms with Gasteiger partial charge in [-0.25, -0.2) is 4.39 Å². The van der Waals surface area contributed by atoms with E-state index >= 15 is 0 Å². The molecule has 2 aromatic heterocycles. The van der Waals surface area contributed by atoms with Crippen molar-refractivity contribution in [3.63, 3.8) is 0 Å². The molecule has 0 aliphatic rings. The highest BCUT2D eigenvalue weighted by Gasteiger charge is 2.23. The zero-order chi connectivity index (χ0) is 20.4. The van der Waals surface area contributed by atoms with Gasteiger partial charge in [0.05, 0.1) is 4.92 Å². The van der Waals surface area contributed by atoms with E-state index in [0.717, 1.165) is 0 Å². The molecule has 0 aliphatic carbocycles. The Morgan fingerprint density at radius 3 is 2.75 bits per heavy atom. The number of carbonyl (C=O) groups excluding carboxylic acids is 1. The van der Waals surface area contributed by atoms with E-state index in [1.165, 1.54) is 24.6 Å². The number of carbonyl (C=O) groups is 1. The van der Waals surface area contributed by atoms with Gasteiger partial charge in [0, 0.05) is 5.56 Å². The summed E-state index contributed by atoms with van der Waals surface area (Å²) in [5.41, 5.74) is 1.24. The SMILES string of the molecule is Cc1ccc(-c2noc(COC(=O)Cn3nc(C)c([N+](=O)[O-])c3C)n2)cc1F. The summed E-state index contributed by atoms with van der Waals surface area (Å²) in [5.74, 6) is -0.876. The first-order valence-electron chi connectivity index (χ1n) is 8.19. The van der Waals surface area contributed by atoms with Crippen molar-refractivity contribution in [3.05, 3.63) is 57.0 Å². The average Bonchev–Trinajstić information content (AvgIpc) is 3.20. The Bertz CT molecular complexity index is 1060. The largest absolute Gasteiger partial charge is 0.454 e. The molecule has 0 N–H and O–H groups in total. The molecule has 0 amide bonds. The lowest BCUT2D eigenvalue weighted by atomic mass is 10.1. The number of aryl methyl sites for hydroxylation is 2. The number of halogens is 1. The molecule has 146 valence electrons. The molecule has 2 heterocycles. The molecule has 0 spiro atoms. The molecular formula is C17H16FN5O5. The van der Waals surface area contributed by atoms with Crippen LogP contribution in [0.1, 0.15) is 22.8 Å².